The average Bonchev–Trinajstić information content (AvgIpc) is 2.42. The van der Waals surface area contributed by atoms with Gasteiger partial charge in [-0.15, -0.1) is 0 Å². The standard InChI is InChI=1S/C17H25NO4/c1-11(2)22-16(21)13(14(19)17(3,4)5)18-15(20)12-9-7-6-8-10-12/h6-11,13-14,19H,1-5H3,(H,18,20). The first-order valence-corrected chi connectivity index (χ1v) is 7.37. The summed E-state index contributed by atoms with van der Waals surface area (Å²) < 4.78 is 5.15. The quantitative estimate of drug-likeness (QED) is 0.817. The molecule has 0 aliphatic heterocycles. The Morgan fingerprint density at radius 2 is 1.68 bits per heavy atom. The zero-order chi connectivity index (χ0) is 16.9. The van der Waals surface area contributed by atoms with E-state index >= 15 is 0 Å². The molecule has 0 saturated heterocycles. The van der Waals surface area contributed by atoms with Crippen molar-refractivity contribution in [2.45, 2.75) is 52.9 Å². The van der Waals surface area contributed by atoms with Gasteiger partial charge in [-0.3, -0.25) is 4.79 Å². The number of carbonyl (C=O) groups is 2. The second-order valence-electron chi connectivity index (χ2n) is 6.61. The molecule has 0 spiro atoms. The van der Waals surface area contributed by atoms with Crippen molar-refractivity contribution < 1.29 is 19.4 Å². The van der Waals surface area contributed by atoms with E-state index in [1.54, 1.807) is 65.0 Å². The minimum absolute atomic E-state index is 0.323. The van der Waals surface area contributed by atoms with Gasteiger partial charge in [0.05, 0.1) is 12.2 Å². The van der Waals surface area contributed by atoms with Crippen molar-refractivity contribution in [3.8, 4) is 0 Å². The van der Waals surface area contributed by atoms with Crippen molar-refractivity contribution in [3.63, 3.8) is 0 Å². The van der Waals surface area contributed by atoms with E-state index in [2.05, 4.69) is 5.32 Å². The number of aliphatic hydroxyl groups excluding tert-OH is 1. The van der Waals surface area contributed by atoms with Crippen LogP contribution in [0.2, 0.25) is 0 Å². The number of amides is 1. The summed E-state index contributed by atoms with van der Waals surface area (Å²) in [4.78, 5) is 24.5. The van der Waals surface area contributed by atoms with Crippen LogP contribution in [0.1, 0.15) is 45.0 Å². The minimum Gasteiger partial charge on any atom is -0.461 e. The highest BCUT2D eigenvalue weighted by molar-refractivity contribution is 5.96. The zero-order valence-corrected chi connectivity index (χ0v) is 13.8. The Balaban J connectivity index is 2.95. The summed E-state index contributed by atoms with van der Waals surface area (Å²) in [6.45, 7) is 8.82. The normalized spacial score (nSPS) is 14.3. The van der Waals surface area contributed by atoms with Crippen LogP contribution in [-0.4, -0.2) is 35.2 Å². The Bertz CT molecular complexity index is 505. The molecule has 1 aromatic rings. The van der Waals surface area contributed by atoms with Gasteiger partial charge in [0.1, 0.15) is 0 Å². The summed E-state index contributed by atoms with van der Waals surface area (Å²) in [5.74, 6) is -1.06. The lowest BCUT2D eigenvalue weighted by Gasteiger charge is -2.32. The number of nitrogens with one attached hydrogen (secondary N) is 1. The highest BCUT2D eigenvalue weighted by Crippen LogP contribution is 2.23. The summed E-state index contributed by atoms with van der Waals surface area (Å²) in [5.41, 5.74) is -0.157. The predicted molar refractivity (Wildman–Crippen MR) is 84.4 cm³/mol. The Hall–Kier alpha value is -1.88. The monoisotopic (exact) mass is 307 g/mol. The third kappa shape index (κ3) is 5.15. The summed E-state index contributed by atoms with van der Waals surface area (Å²) in [5, 5.41) is 13.0. The van der Waals surface area contributed by atoms with E-state index in [0.717, 1.165) is 0 Å². The molecule has 1 rings (SSSR count). The van der Waals surface area contributed by atoms with Gasteiger partial charge in [0, 0.05) is 5.56 Å². The number of hydrogen-bond donors (Lipinski definition) is 2. The molecule has 22 heavy (non-hydrogen) atoms. The van der Waals surface area contributed by atoms with Gasteiger partial charge in [-0.2, -0.15) is 0 Å². The van der Waals surface area contributed by atoms with Gasteiger partial charge < -0.3 is 15.2 Å². The molecule has 0 aliphatic rings. The molecule has 5 heteroatoms. The van der Waals surface area contributed by atoms with E-state index in [9.17, 15) is 14.7 Å². The second-order valence-corrected chi connectivity index (χ2v) is 6.61. The van der Waals surface area contributed by atoms with Crippen LogP contribution >= 0.6 is 0 Å². The van der Waals surface area contributed by atoms with E-state index in [1.807, 2.05) is 0 Å². The number of aliphatic hydroxyl groups is 1. The smallest absolute Gasteiger partial charge is 0.331 e. The Kier molecular flexibility index (Phi) is 6.11. The number of benzene rings is 1. The first-order chi connectivity index (χ1) is 10.1. The minimum atomic E-state index is -1.12. The molecule has 122 valence electrons. The van der Waals surface area contributed by atoms with Crippen LogP contribution in [0.4, 0.5) is 0 Å². The highest BCUT2D eigenvalue weighted by Gasteiger charge is 2.37. The van der Waals surface area contributed by atoms with Crippen LogP contribution < -0.4 is 5.32 Å². The van der Waals surface area contributed by atoms with Crippen LogP contribution in [0.15, 0.2) is 30.3 Å². The summed E-state index contributed by atoms with van der Waals surface area (Å²) in [6.07, 6.45) is -1.39. The molecule has 0 aromatic heterocycles. The number of esters is 1. The first-order valence-electron chi connectivity index (χ1n) is 7.37. The van der Waals surface area contributed by atoms with Crippen LogP contribution in [-0.2, 0) is 9.53 Å². The summed E-state index contributed by atoms with van der Waals surface area (Å²) >= 11 is 0. The molecule has 1 aromatic carbocycles. The fourth-order valence-electron chi connectivity index (χ4n) is 1.89. The molecule has 1 amide bonds. The van der Waals surface area contributed by atoms with E-state index in [0.29, 0.717) is 5.56 Å². The van der Waals surface area contributed by atoms with E-state index < -0.39 is 29.4 Å². The molecule has 0 fully saturated rings. The van der Waals surface area contributed by atoms with Gasteiger partial charge in [0.2, 0.25) is 0 Å². The SMILES string of the molecule is CC(C)OC(=O)C(NC(=O)c1ccccc1)C(O)C(C)(C)C. The Labute approximate surface area is 131 Å². The number of hydrogen-bond acceptors (Lipinski definition) is 4. The van der Waals surface area contributed by atoms with Gasteiger partial charge in [0.15, 0.2) is 6.04 Å². The van der Waals surface area contributed by atoms with Gasteiger partial charge in [0.25, 0.3) is 5.91 Å². The third-order valence-corrected chi connectivity index (χ3v) is 3.13. The number of carbonyl (C=O) groups excluding carboxylic acids is 2. The summed E-state index contributed by atoms with van der Waals surface area (Å²) in [6, 6.07) is 7.43. The number of ether oxygens (including phenoxy) is 1. The lowest BCUT2D eigenvalue weighted by atomic mass is 9.84. The van der Waals surface area contributed by atoms with Gasteiger partial charge in [-0.1, -0.05) is 39.0 Å². The van der Waals surface area contributed by atoms with Crippen molar-refractivity contribution >= 4 is 11.9 Å². The lowest BCUT2D eigenvalue weighted by molar-refractivity contribution is -0.155. The molecule has 2 unspecified atom stereocenters. The zero-order valence-electron chi connectivity index (χ0n) is 13.8. The molecule has 0 radical (unpaired) electrons. The maximum Gasteiger partial charge on any atom is 0.331 e. The van der Waals surface area contributed by atoms with Crippen molar-refractivity contribution in [1.29, 1.82) is 0 Å². The Morgan fingerprint density at radius 1 is 1.14 bits per heavy atom. The molecule has 0 saturated carbocycles. The fraction of sp³-hybridized carbons (Fsp3) is 0.529. The van der Waals surface area contributed by atoms with Crippen LogP contribution in [0.3, 0.4) is 0 Å². The van der Waals surface area contributed by atoms with Gasteiger partial charge in [-0.05, 0) is 31.4 Å². The fourth-order valence-corrected chi connectivity index (χ4v) is 1.89. The van der Waals surface area contributed by atoms with Crippen molar-refractivity contribution in [1.82, 2.24) is 5.32 Å². The highest BCUT2D eigenvalue weighted by atomic mass is 16.5. The van der Waals surface area contributed by atoms with Crippen LogP contribution in [0.25, 0.3) is 0 Å². The van der Waals surface area contributed by atoms with Crippen molar-refractivity contribution in [2.24, 2.45) is 5.41 Å². The predicted octanol–water partition coefficient (Wildman–Crippen LogP) is 2.14. The maximum atomic E-state index is 12.2. The van der Waals surface area contributed by atoms with Crippen LogP contribution in [0, 0.1) is 5.41 Å². The third-order valence-electron chi connectivity index (χ3n) is 3.13. The number of rotatable bonds is 5. The van der Waals surface area contributed by atoms with Gasteiger partial charge in [-0.25, -0.2) is 4.79 Å². The topological polar surface area (TPSA) is 75.6 Å². The molecular weight excluding hydrogens is 282 g/mol. The van der Waals surface area contributed by atoms with Gasteiger partial charge >= 0.3 is 5.97 Å². The average molecular weight is 307 g/mol. The van der Waals surface area contributed by atoms with E-state index in [4.69, 9.17) is 4.74 Å². The molecule has 0 aliphatic carbocycles. The van der Waals surface area contributed by atoms with Crippen LogP contribution in [0.5, 0.6) is 0 Å². The first kappa shape index (κ1) is 18.2. The molecule has 0 bridgehead atoms. The maximum absolute atomic E-state index is 12.2. The molecule has 5 nitrogen and oxygen atoms in total. The largest absolute Gasteiger partial charge is 0.461 e. The molecule has 2 N–H and O–H groups in total. The Morgan fingerprint density at radius 3 is 2.14 bits per heavy atom. The second kappa shape index (κ2) is 7.40. The molecular formula is C17H25NO4. The molecule has 0 heterocycles. The van der Waals surface area contributed by atoms with E-state index in [-0.39, 0.29) is 6.10 Å². The van der Waals surface area contributed by atoms with E-state index in [1.165, 1.54) is 0 Å². The van der Waals surface area contributed by atoms with Crippen molar-refractivity contribution in [3.05, 3.63) is 35.9 Å². The van der Waals surface area contributed by atoms with Crippen molar-refractivity contribution in [2.75, 3.05) is 0 Å². The summed E-state index contributed by atoms with van der Waals surface area (Å²) in [7, 11) is 0. The lowest BCUT2D eigenvalue weighted by Crippen LogP contribution is -2.54. The molecule has 2 atom stereocenters.